The van der Waals surface area contributed by atoms with Crippen molar-refractivity contribution >= 4 is 154 Å². The number of carbonyl (C=O) groups is 15. The average molecular weight is 1680 g/mol. The van der Waals surface area contributed by atoms with Gasteiger partial charge in [-0.1, -0.05) is 89.9 Å². The lowest BCUT2D eigenvalue weighted by atomic mass is 9.95. The van der Waals surface area contributed by atoms with Crippen LogP contribution in [0.4, 0.5) is 13.2 Å². The van der Waals surface area contributed by atoms with Gasteiger partial charge < -0.3 is 87.4 Å². The van der Waals surface area contributed by atoms with Gasteiger partial charge in [0.15, 0.2) is 0 Å². The molecule has 3 unspecified atom stereocenters. The van der Waals surface area contributed by atoms with Gasteiger partial charge in [-0.15, -0.1) is 0 Å². The molecular formula is C70H99F3N10O22S6. The number of nitrogens with one attached hydrogen (secondary N) is 10. The highest BCUT2D eigenvalue weighted by atomic mass is 33.1. The number of rotatable bonds is 10. The molecule has 0 aromatic carbocycles. The number of aliphatic hydroxyl groups excluding tert-OH is 2. The first-order chi connectivity index (χ1) is 52.4. The van der Waals surface area contributed by atoms with Crippen LogP contribution in [0.3, 0.4) is 0 Å². The maximum absolute atomic E-state index is 13.3. The van der Waals surface area contributed by atoms with Crippen LogP contribution in [0.15, 0.2) is 36.5 Å². The van der Waals surface area contributed by atoms with E-state index < -0.39 is 197 Å². The summed E-state index contributed by atoms with van der Waals surface area (Å²) in [7, 11) is 8.73. The Bertz CT molecular complexity index is 3470. The Morgan fingerprint density at radius 3 is 1.17 bits per heavy atom. The summed E-state index contributed by atoms with van der Waals surface area (Å²) in [6, 6.07) is -6.55. The van der Waals surface area contributed by atoms with Crippen LogP contribution in [0.25, 0.3) is 0 Å². The third kappa shape index (κ3) is 32.1. The summed E-state index contributed by atoms with van der Waals surface area (Å²) in [6.45, 7) is 5.51. The number of halogens is 3. The fraction of sp³-hybridized carbons (Fsp3) is 0.700. The van der Waals surface area contributed by atoms with Crippen molar-refractivity contribution in [1.29, 1.82) is 0 Å². The lowest BCUT2D eigenvalue weighted by Crippen LogP contribution is -2.57. The van der Waals surface area contributed by atoms with E-state index in [1.807, 2.05) is 13.0 Å². The van der Waals surface area contributed by atoms with E-state index in [1.54, 1.807) is 56.5 Å². The molecule has 111 heavy (non-hydrogen) atoms. The molecule has 13 N–H and O–H groups in total. The summed E-state index contributed by atoms with van der Waals surface area (Å²) in [6.07, 6.45) is 2.70. The summed E-state index contributed by atoms with van der Waals surface area (Å²) >= 11 is 0. The van der Waals surface area contributed by atoms with Gasteiger partial charge in [-0.25, -0.2) is 0 Å². The number of hydrogen-bond acceptors (Lipinski definition) is 27. The molecule has 618 valence electrons. The SMILES string of the molecule is CC(C)(C)OC(=O)CC[C@H]1NC(=O)C[C@H]2/C=C/CCSSC[C@@H](NC1=O)C(=O)NC1(CC1)C(O)CC(=O)O2.CC1CC(=O)O[C@@H]2/C=C/CCSSC[C@@H](NC(=O)[C@@H](CCC(=O)NCC(F)(F)F)NC(=O)C2)C(=O)NC12CC2.O=C(O)CC[C@H]1NC(=O)C[C@H]2/C=C/CCSSC[C@@H](NC1=O)C(=O)NC1(CC1)C(O)CC(=O)O2. The van der Waals surface area contributed by atoms with Crippen molar-refractivity contribution in [3.63, 3.8) is 0 Å². The van der Waals surface area contributed by atoms with Crippen LogP contribution in [-0.2, 0) is 90.9 Å². The first-order valence-corrected chi connectivity index (χ1v) is 44.1. The Balaban J connectivity index is 0.000000232. The van der Waals surface area contributed by atoms with Crippen LogP contribution < -0.4 is 53.2 Å². The fourth-order valence-electron chi connectivity index (χ4n) is 12.1. The molecule has 0 radical (unpaired) electrons. The molecule has 6 bridgehead atoms. The van der Waals surface area contributed by atoms with E-state index in [4.69, 9.17) is 24.1 Å². The minimum Gasteiger partial charge on any atom is -0.481 e. The van der Waals surface area contributed by atoms with Crippen molar-refractivity contribution in [1.82, 2.24) is 53.2 Å². The molecule has 3 saturated carbocycles. The number of alkyl halides is 3. The monoisotopic (exact) mass is 1680 g/mol. The van der Waals surface area contributed by atoms with Crippen molar-refractivity contribution in [2.24, 2.45) is 5.92 Å². The quantitative estimate of drug-likeness (QED) is 0.0647. The molecule has 3 saturated heterocycles. The Kier molecular flexibility index (Phi) is 35.3. The van der Waals surface area contributed by atoms with E-state index in [9.17, 15) is 95.3 Å². The Labute approximate surface area is 663 Å². The molecular weight excluding hydrogens is 1580 g/mol. The zero-order valence-electron chi connectivity index (χ0n) is 61.9. The number of carboxylic acid groups (broad SMARTS) is 1. The number of hydrogen-bond donors (Lipinski definition) is 13. The molecule has 12 atom stereocenters. The second kappa shape index (κ2) is 43.0. The highest BCUT2D eigenvalue weighted by Gasteiger charge is 2.54. The topological polar surface area (TPSA) is 474 Å². The highest BCUT2D eigenvalue weighted by molar-refractivity contribution is 8.77. The third-order valence-corrected chi connectivity index (χ3v) is 26.1. The van der Waals surface area contributed by atoms with E-state index in [0.29, 0.717) is 75.0 Å². The largest absolute Gasteiger partial charge is 0.481 e. The number of carboxylic acids is 1. The van der Waals surface area contributed by atoms with Gasteiger partial charge in [0.05, 0.1) is 61.8 Å². The molecule has 0 aromatic heterocycles. The van der Waals surface area contributed by atoms with Gasteiger partial charge in [0.25, 0.3) is 0 Å². The number of ether oxygens (including phenoxy) is 4. The Hall–Kier alpha value is -6.92. The van der Waals surface area contributed by atoms with Gasteiger partial charge in [-0.2, -0.15) is 13.2 Å². The number of esters is 4. The van der Waals surface area contributed by atoms with E-state index in [-0.39, 0.29) is 93.8 Å². The van der Waals surface area contributed by atoms with Crippen molar-refractivity contribution in [2.75, 3.05) is 41.1 Å². The zero-order valence-corrected chi connectivity index (χ0v) is 66.8. The molecule has 41 heteroatoms. The molecule has 3 spiro atoms. The molecule has 9 rings (SSSR count). The molecule has 6 fully saturated rings. The summed E-state index contributed by atoms with van der Waals surface area (Å²) in [5.74, 6) is -7.36. The van der Waals surface area contributed by atoms with Gasteiger partial charge >= 0.3 is 36.0 Å². The smallest absolute Gasteiger partial charge is 0.405 e. The normalized spacial score (nSPS) is 30.2. The van der Waals surface area contributed by atoms with E-state index in [2.05, 4.69) is 47.9 Å². The minimum absolute atomic E-state index is 0.0313. The van der Waals surface area contributed by atoms with Crippen LogP contribution >= 0.6 is 64.8 Å². The van der Waals surface area contributed by atoms with Gasteiger partial charge in [0.2, 0.25) is 59.1 Å². The fourth-order valence-corrected chi connectivity index (χ4v) is 18.5. The van der Waals surface area contributed by atoms with Crippen LogP contribution in [0.2, 0.25) is 0 Å². The predicted molar refractivity (Wildman–Crippen MR) is 407 cm³/mol. The van der Waals surface area contributed by atoms with E-state index in [1.165, 1.54) is 64.8 Å². The van der Waals surface area contributed by atoms with Crippen LogP contribution in [-0.4, -0.2) is 240 Å². The first-order valence-electron chi connectivity index (χ1n) is 36.6. The molecule has 9 aliphatic rings. The van der Waals surface area contributed by atoms with Crippen LogP contribution in [0.5, 0.6) is 0 Å². The molecule has 6 heterocycles. The average Bonchev–Trinajstić information content (AvgIpc) is 1.64. The third-order valence-electron chi connectivity index (χ3n) is 18.7. The Morgan fingerprint density at radius 1 is 0.486 bits per heavy atom. The van der Waals surface area contributed by atoms with E-state index in [0.717, 1.165) is 0 Å². The summed E-state index contributed by atoms with van der Waals surface area (Å²) in [5, 5.41) is 56.4. The Morgan fingerprint density at radius 2 is 0.829 bits per heavy atom. The summed E-state index contributed by atoms with van der Waals surface area (Å²) in [5.41, 5.74) is -3.26. The van der Waals surface area contributed by atoms with Gasteiger partial charge in [0.1, 0.15) is 66.7 Å². The molecule has 10 amide bonds. The van der Waals surface area contributed by atoms with Crippen molar-refractivity contribution in [3.8, 4) is 0 Å². The number of aliphatic hydroxyl groups is 2. The maximum atomic E-state index is 13.3. The summed E-state index contributed by atoms with van der Waals surface area (Å²) in [4.78, 5) is 191. The van der Waals surface area contributed by atoms with Gasteiger partial charge in [0, 0.05) is 59.3 Å². The second-order valence-corrected chi connectivity index (χ2v) is 37.1. The number of aliphatic carboxylic acids is 1. The lowest BCUT2D eigenvalue weighted by Gasteiger charge is -2.28. The number of allylic oxidation sites excluding steroid dienone is 3. The zero-order chi connectivity index (χ0) is 81.3. The minimum atomic E-state index is -4.60. The molecule has 6 aliphatic heterocycles. The molecule has 3 aliphatic carbocycles. The van der Waals surface area contributed by atoms with Crippen LogP contribution in [0, 0.1) is 5.92 Å². The van der Waals surface area contributed by atoms with Crippen molar-refractivity contribution in [2.45, 2.75) is 258 Å². The highest BCUT2D eigenvalue weighted by Crippen LogP contribution is 2.45. The summed E-state index contributed by atoms with van der Waals surface area (Å²) < 4.78 is 59.2. The first kappa shape index (κ1) is 91.3. The molecule has 0 aromatic rings. The second-order valence-electron chi connectivity index (χ2n) is 29.2. The van der Waals surface area contributed by atoms with E-state index >= 15 is 0 Å². The maximum Gasteiger partial charge on any atom is 0.405 e. The number of amides is 10. The molecule has 32 nitrogen and oxygen atoms in total. The van der Waals surface area contributed by atoms with Crippen molar-refractivity contribution in [3.05, 3.63) is 36.5 Å². The van der Waals surface area contributed by atoms with Crippen molar-refractivity contribution < 1.29 is 119 Å². The predicted octanol–water partition coefficient (Wildman–Crippen LogP) is 2.76. The van der Waals surface area contributed by atoms with Gasteiger partial charge in [-0.05, 0) is 122 Å². The van der Waals surface area contributed by atoms with Gasteiger partial charge in [-0.3, -0.25) is 71.9 Å². The number of fused-ring (bicyclic) bond motifs is 21. The lowest BCUT2D eigenvalue weighted by molar-refractivity contribution is -0.156. The number of carbonyl (C=O) groups excluding carboxylic acids is 14. The standard InChI is InChI=1S/C25H37N3O8S2.C24H33F3N4O6S2.C21H29N3O8S2/c1-24(2,3)36-20(31)8-7-16-22(33)27-17-14-38-37-11-5-4-6-15(12-19(30)26-16)35-21(32)13-18(29)25(9-10-25)28-23(17)34;1-14-10-20(34)37-15-4-2-3-9-38-39-12-17(22(36)31-23(14)7-8-23)30-21(35)16(29-19(33)11-15)5-6-18(32)28-13-24(25,26)27;25-15-10-18(29)32-12-3-1-2-8-33-34-11-14(20(31)24-21(15)6-7-21)23-19(30)13(4-5-17(27)28)22-16(26)9-12/h4,6,15-18,29H,5,7-14H2,1-3H3,(H,26,30)(H,27,33)(H,28,34);2,4,14-17H,3,5-13H2,1H3,(H,28,32)(H,29,33)(H,30,35)(H,31,36);1,3,12-15,25H,2,4-11H2,(H,22,26)(H,23,30)(H,24,31)(H,27,28)/b6-4+;4-2+;3-1+/t15-,16-,17-,18?;14?,15-,16-,17-;12-,13-,14-,15?/m111/s1. The van der Waals surface area contributed by atoms with Crippen LogP contribution in [0.1, 0.15) is 163 Å².